The van der Waals surface area contributed by atoms with Gasteiger partial charge in [-0.05, 0) is 46.9 Å². The second kappa shape index (κ2) is 5.62. The number of nitrogens with zero attached hydrogens (tertiary/aromatic N) is 1. The fourth-order valence-corrected chi connectivity index (χ4v) is 2.43. The summed E-state index contributed by atoms with van der Waals surface area (Å²) in [5.41, 5.74) is 6.89. The third kappa shape index (κ3) is 3.27. The number of rotatable bonds is 3. The first-order valence-electron chi connectivity index (χ1n) is 5.18. The molecule has 0 amide bonds. The molecule has 0 aliphatic rings. The molecule has 0 bridgehead atoms. The predicted octanol–water partition coefficient (Wildman–Crippen LogP) is 3.36. The van der Waals surface area contributed by atoms with Crippen molar-refractivity contribution in [3.63, 3.8) is 0 Å². The first-order valence-corrected chi connectivity index (χ1v) is 6.64. The molecule has 2 aromatic rings. The van der Waals surface area contributed by atoms with Crippen molar-refractivity contribution in [1.29, 1.82) is 0 Å². The molecule has 1 aromatic heterocycles. The molecule has 0 saturated carbocycles. The van der Waals surface area contributed by atoms with Crippen LogP contribution in [0, 0.1) is 3.57 Å². The quantitative estimate of drug-likeness (QED) is 0.701. The summed E-state index contributed by atoms with van der Waals surface area (Å²) in [6.45, 7) is 0. The van der Waals surface area contributed by atoms with Crippen LogP contribution >= 0.6 is 34.2 Å². The highest BCUT2D eigenvalue weighted by Gasteiger charge is 2.09. The van der Waals surface area contributed by atoms with Crippen LogP contribution in [0.4, 0.5) is 17.2 Å². The SMILES string of the molecule is Nc1cc(C(=O)O)cnc1Nc1ccc(Cl)cc1I. The Bertz CT molecular complexity index is 649. The van der Waals surface area contributed by atoms with E-state index >= 15 is 0 Å². The molecular weight excluding hydrogens is 381 g/mol. The molecule has 0 aliphatic carbocycles. The zero-order valence-corrected chi connectivity index (χ0v) is 12.4. The van der Waals surface area contributed by atoms with Gasteiger partial charge in [0.15, 0.2) is 5.82 Å². The van der Waals surface area contributed by atoms with E-state index in [-0.39, 0.29) is 11.3 Å². The van der Waals surface area contributed by atoms with Crippen molar-refractivity contribution in [2.45, 2.75) is 0 Å². The summed E-state index contributed by atoms with van der Waals surface area (Å²) in [5.74, 6) is -0.655. The number of aromatic carboxylic acids is 1. The molecule has 4 N–H and O–H groups in total. The molecule has 98 valence electrons. The number of pyridine rings is 1. The highest BCUT2D eigenvalue weighted by Crippen LogP contribution is 2.27. The number of nitrogen functional groups attached to an aromatic ring is 1. The van der Waals surface area contributed by atoms with Crippen LogP contribution in [0.25, 0.3) is 0 Å². The number of aromatic nitrogens is 1. The Balaban J connectivity index is 2.31. The van der Waals surface area contributed by atoms with Gasteiger partial charge in [0.1, 0.15) is 0 Å². The molecule has 0 unspecified atom stereocenters. The summed E-state index contributed by atoms with van der Waals surface area (Å²) in [4.78, 5) is 14.8. The van der Waals surface area contributed by atoms with E-state index < -0.39 is 5.97 Å². The fourth-order valence-electron chi connectivity index (χ4n) is 1.42. The number of hydrogen-bond acceptors (Lipinski definition) is 4. The van der Waals surface area contributed by atoms with Gasteiger partial charge in [-0.15, -0.1) is 0 Å². The van der Waals surface area contributed by atoms with Gasteiger partial charge in [0, 0.05) is 14.8 Å². The van der Waals surface area contributed by atoms with Gasteiger partial charge in [0.2, 0.25) is 0 Å². The third-order valence-corrected chi connectivity index (χ3v) is 3.48. The van der Waals surface area contributed by atoms with E-state index in [1.54, 1.807) is 18.2 Å². The van der Waals surface area contributed by atoms with Gasteiger partial charge < -0.3 is 16.2 Å². The Morgan fingerprint density at radius 3 is 2.74 bits per heavy atom. The van der Waals surface area contributed by atoms with E-state index in [9.17, 15) is 4.79 Å². The van der Waals surface area contributed by atoms with Crippen molar-refractivity contribution in [3.8, 4) is 0 Å². The molecule has 5 nitrogen and oxygen atoms in total. The normalized spacial score (nSPS) is 10.2. The minimum Gasteiger partial charge on any atom is -0.478 e. The molecule has 1 heterocycles. The summed E-state index contributed by atoms with van der Waals surface area (Å²) in [5, 5.41) is 12.5. The van der Waals surface area contributed by atoms with Gasteiger partial charge in [-0.25, -0.2) is 9.78 Å². The van der Waals surface area contributed by atoms with Gasteiger partial charge in [0.25, 0.3) is 0 Å². The Morgan fingerprint density at radius 2 is 2.16 bits per heavy atom. The van der Waals surface area contributed by atoms with Gasteiger partial charge in [-0.3, -0.25) is 0 Å². The lowest BCUT2D eigenvalue weighted by Crippen LogP contribution is -2.04. The van der Waals surface area contributed by atoms with Crippen molar-refractivity contribution in [3.05, 3.63) is 44.6 Å². The monoisotopic (exact) mass is 389 g/mol. The Kier molecular flexibility index (Phi) is 4.11. The van der Waals surface area contributed by atoms with Crippen molar-refractivity contribution in [2.75, 3.05) is 11.1 Å². The van der Waals surface area contributed by atoms with E-state index in [0.717, 1.165) is 9.26 Å². The van der Waals surface area contributed by atoms with Gasteiger partial charge >= 0.3 is 5.97 Å². The van der Waals surface area contributed by atoms with Crippen molar-refractivity contribution in [1.82, 2.24) is 4.98 Å². The van der Waals surface area contributed by atoms with Crippen LogP contribution in [0.5, 0.6) is 0 Å². The molecule has 0 aliphatic heterocycles. The third-order valence-electron chi connectivity index (χ3n) is 2.35. The smallest absolute Gasteiger partial charge is 0.337 e. The predicted molar refractivity (Wildman–Crippen MR) is 83.1 cm³/mol. The molecule has 19 heavy (non-hydrogen) atoms. The van der Waals surface area contributed by atoms with Gasteiger partial charge in [-0.1, -0.05) is 11.6 Å². The minimum atomic E-state index is -1.06. The van der Waals surface area contributed by atoms with Crippen LogP contribution in [-0.4, -0.2) is 16.1 Å². The number of carboxylic acids is 1. The standard InChI is InChI=1S/C12H9ClIN3O2/c13-7-1-2-10(8(14)4-7)17-11-9(15)3-6(5-16-11)12(18)19/h1-5H,15H2,(H,16,17)(H,18,19). The molecule has 0 radical (unpaired) electrons. The summed E-state index contributed by atoms with van der Waals surface area (Å²) in [6, 6.07) is 6.71. The van der Waals surface area contributed by atoms with Crippen LogP contribution in [-0.2, 0) is 0 Å². The zero-order valence-electron chi connectivity index (χ0n) is 9.52. The molecule has 1 aromatic carbocycles. The average Bonchev–Trinajstić information content (AvgIpc) is 2.34. The zero-order chi connectivity index (χ0) is 14.0. The minimum absolute atomic E-state index is 0.0499. The first-order chi connectivity index (χ1) is 8.97. The number of anilines is 3. The molecule has 0 fully saturated rings. The molecule has 0 saturated heterocycles. The largest absolute Gasteiger partial charge is 0.478 e. The number of carboxylic acid groups (broad SMARTS) is 1. The fraction of sp³-hybridized carbons (Fsp3) is 0. The maximum Gasteiger partial charge on any atom is 0.337 e. The number of nitrogens with one attached hydrogen (secondary N) is 1. The summed E-state index contributed by atoms with van der Waals surface area (Å²) in [6.07, 6.45) is 1.25. The van der Waals surface area contributed by atoms with Gasteiger partial charge in [0.05, 0.1) is 16.9 Å². The Labute approximate surface area is 127 Å². The maximum absolute atomic E-state index is 10.8. The van der Waals surface area contributed by atoms with E-state index in [0.29, 0.717) is 10.8 Å². The lowest BCUT2D eigenvalue weighted by Gasteiger charge is -2.10. The van der Waals surface area contributed by atoms with E-state index in [4.69, 9.17) is 22.4 Å². The van der Waals surface area contributed by atoms with Crippen molar-refractivity contribution < 1.29 is 9.90 Å². The second-order valence-electron chi connectivity index (χ2n) is 3.72. The number of benzene rings is 1. The molecule has 2 rings (SSSR count). The average molecular weight is 390 g/mol. The maximum atomic E-state index is 10.8. The molecule has 0 spiro atoms. The van der Waals surface area contributed by atoms with Crippen LogP contribution in [0.15, 0.2) is 30.5 Å². The van der Waals surface area contributed by atoms with Crippen molar-refractivity contribution >= 4 is 57.4 Å². The molecule has 7 heteroatoms. The highest BCUT2D eigenvalue weighted by molar-refractivity contribution is 14.1. The highest BCUT2D eigenvalue weighted by atomic mass is 127. The van der Waals surface area contributed by atoms with E-state index in [1.807, 2.05) is 0 Å². The Hall–Kier alpha value is -1.54. The lowest BCUT2D eigenvalue weighted by molar-refractivity contribution is 0.0696. The van der Waals surface area contributed by atoms with Crippen LogP contribution in [0.2, 0.25) is 5.02 Å². The topological polar surface area (TPSA) is 88.2 Å². The Morgan fingerprint density at radius 1 is 1.42 bits per heavy atom. The summed E-state index contributed by atoms with van der Waals surface area (Å²) in [7, 11) is 0. The number of hydrogen-bond donors (Lipinski definition) is 3. The van der Waals surface area contributed by atoms with Crippen LogP contribution in [0.3, 0.4) is 0 Å². The summed E-state index contributed by atoms with van der Waals surface area (Å²) < 4.78 is 0.911. The van der Waals surface area contributed by atoms with Crippen LogP contribution < -0.4 is 11.1 Å². The first kappa shape index (κ1) is 13.9. The molecular formula is C12H9ClIN3O2. The van der Waals surface area contributed by atoms with Crippen molar-refractivity contribution in [2.24, 2.45) is 0 Å². The van der Waals surface area contributed by atoms with Crippen LogP contribution in [0.1, 0.15) is 10.4 Å². The molecule has 0 atom stereocenters. The number of nitrogens with two attached hydrogens (primary N) is 1. The number of carbonyl (C=O) groups is 1. The van der Waals surface area contributed by atoms with E-state index in [1.165, 1.54) is 12.3 Å². The summed E-state index contributed by atoms with van der Waals surface area (Å²) >= 11 is 8.00. The lowest BCUT2D eigenvalue weighted by atomic mass is 10.2. The van der Waals surface area contributed by atoms with E-state index in [2.05, 4.69) is 32.9 Å². The second-order valence-corrected chi connectivity index (χ2v) is 5.31. The van der Waals surface area contributed by atoms with Gasteiger partial charge in [-0.2, -0.15) is 0 Å². The number of halogens is 2.